The highest BCUT2D eigenvalue weighted by Gasteiger charge is 1.95. The molecule has 2 aromatic heterocycles. The van der Waals surface area contributed by atoms with E-state index in [-0.39, 0.29) is 0 Å². The number of hydrazone groups is 1. The summed E-state index contributed by atoms with van der Waals surface area (Å²) in [6.45, 7) is 0. The van der Waals surface area contributed by atoms with E-state index in [0.717, 1.165) is 16.6 Å². The predicted molar refractivity (Wildman–Crippen MR) is 47.9 cm³/mol. The number of aromatic nitrogens is 2. The highest BCUT2D eigenvalue weighted by atomic mass is 15.1. The first-order chi connectivity index (χ1) is 5.90. The first-order valence-corrected chi connectivity index (χ1v) is 3.56. The van der Waals surface area contributed by atoms with E-state index in [1.54, 1.807) is 12.4 Å². The van der Waals surface area contributed by atoms with Crippen molar-refractivity contribution in [3.8, 4) is 0 Å². The molecule has 0 saturated carbocycles. The topological polar surface area (TPSA) is 67.1 Å². The fraction of sp³-hybridized carbons (Fsp3) is 0. The molecule has 0 bridgehead atoms. The molecule has 60 valence electrons. The molecule has 0 aliphatic heterocycles. The molecule has 0 aromatic carbocycles. The van der Waals surface area contributed by atoms with Crippen molar-refractivity contribution in [3.63, 3.8) is 0 Å². The van der Waals surface area contributed by atoms with Crippen LogP contribution in [0, 0.1) is 0 Å². The van der Waals surface area contributed by atoms with Crippen LogP contribution >= 0.6 is 0 Å². The second kappa shape index (κ2) is 2.65. The Morgan fingerprint density at radius 3 is 3.33 bits per heavy atom. The summed E-state index contributed by atoms with van der Waals surface area (Å²) in [7, 11) is 0. The van der Waals surface area contributed by atoms with Gasteiger partial charge in [-0.2, -0.15) is 5.10 Å². The maximum Gasteiger partial charge on any atom is 0.137 e. The molecule has 12 heavy (non-hydrogen) atoms. The van der Waals surface area contributed by atoms with Gasteiger partial charge in [0.2, 0.25) is 0 Å². The van der Waals surface area contributed by atoms with Crippen molar-refractivity contribution in [1.82, 2.24) is 9.97 Å². The Morgan fingerprint density at radius 2 is 2.50 bits per heavy atom. The van der Waals surface area contributed by atoms with Crippen molar-refractivity contribution in [3.05, 3.63) is 30.1 Å². The van der Waals surface area contributed by atoms with E-state index >= 15 is 0 Å². The van der Waals surface area contributed by atoms with Crippen LogP contribution in [0.3, 0.4) is 0 Å². The first kappa shape index (κ1) is 6.84. The van der Waals surface area contributed by atoms with Gasteiger partial charge in [0.05, 0.1) is 6.21 Å². The lowest BCUT2D eigenvalue weighted by molar-refractivity contribution is 1.26. The second-order valence-electron chi connectivity index (χ2n) is 2.46. The predicted octanol–water partition coefficient (Wildman–Crippen LogP) is 0.855. The van der Waals surface area contributed by atoms with E-state index in [4.69, 9.17) is 5.84 Å². The van der Waals surface area contributed by atoms with E-state index in [1.807, 2.05) is 18.3 Å². The number of aromatic amines is 1. The normalized spacial score (nSPS) is 11.3. The summed E-state index contributed by atoms with van der Waals surface area (Å²) in [5.41, 5.74) is 1.79. The standard InChI is InChI=1S/C8H8N4/c9-12-5-6-3-7-1-2-10-8(7)11-4-6/h1-5H,9H2,(H,10,11). The van der Waals surface area contributed by atoms with Crippen molar-refractivity contribution in [2.75, 3.05) is 0 Å². The maximum atomic E-state index is 5.01. The Balaban J connectivity index is 2.60. The molecule has 0 unspecified atom stereocenters. The highest BCUT2D eigenvalue weighted by Crippen LogP contribution is 2.09. The summed E-state index contributed by atoms with van der Waals surface area (Å²) in [5.74, 6) is 5.01. The lowest BCUT2D eigenvalue weighted by atomic mass is 10.2. The second-order valence-corrected chi connectivity index (χ2v) is 2.46. The summed E-state index contributed by atoms with van der Waals surface area (Å²) in [6, 6.07) is 3.92. The van der Waals surface area contributed by atoms with Gasteiger partial charge >= 0.3 is 0 Å². The summed E-state index contributed by atoms with van der Waals surface area (Å²) >= 11 is 0. The largest absolute Gasteiger partial charge is 0.346 e. The van der Waals surface area contributed by atoms with Crippen LogP contribution in [0.25, 0.3) is 11.0 Å². The van der Waals surface area contributed by atoms with Crippen molar-refractivity contribution < 1.29 is 0 Å². The minimum atomic E-state index is 0.879. The minimum absolute atomic E-state index is 0.879. The Morgan fingerprint density at radius 1 is 1.58 bits per heavy atom. The molecule has 0 atom stereocenters. The lowest BCUT2D eigenvalue weighted by Gasteiger charge is -1.91. The van der Waals surface area contributed by atoms with Gasteiger partial charge in [-0.25, -0.2) is 4.98 Å². The van der Waals surface area contributed by atoms with E-state index in [9.17, 15) is 0 Å². The smallest absolute Gasteiger partial charge is 0.137 e. The quantitative estimate of drug-likeness (QED) is 0.369. The number of rotatable bonds is 1. The van der Waals surface area contributed by atoms with Gasteiger partial charge in [0, 0.05) is 23.3 Å². The van der Waals surface area contributed by atoms with Crippen molar-refractivity contribution in [1.29, 1.82) is 0 Å². The zero-order valence-corrected chi connectivity index (χ0v) is 6.36. The van der Waals surface area contributed by atoms with E-state index in [0.29, 0.717) is 0 Å². The minimum Gasteiger partial charge on any atom is -0.346 e. The number of nitrogens with two attached hydrogens (primary N) is 1. The van der Waals surface area contributed by atoms with Gasteiger partial charge in [-0.1, -0.05) is 0 Å². The Kier molecular flexibility index (Phi) is 1.51. The SMILES string of the molecule is NN=Cc1cnc2[nH]ccc2c1. The fourth-order valence-electron chi connectivity index (χ4n) is 1.11. The van der Waals surface area contributed by atoms with Gasteiger partial charge in [0.25, 0.3) is 0 Å². The molecule has 2 aromatic rings. The monoisotopic (exact) mass is 160 g/mol. The van der Waals surface area contributed by atoms with Gasteiger partial charge in [0.15, 0.2) is 0 Å². The number of H-pyrrole nitrogens is 1. The average Bonchev–Trinajstić information content (AvgIpc) is 2.51. The summed E-state index contributed by atoms with van der Waals surface area (Å²) in [5, 5.41) is 4.48. The number of hydrogen-bond donors (Lipinski definition) is 2. The van der Waals surface area contributed by atoms with Gasteiger partial charge in [-0.05, 0) is 12.1 Å². The first-order valence-electron chi connectivity index (χ1n) is 3.56. The van der Waals surface area contributed by atoms with E-state index < -0.39 is 0 Å². The molecule has 0 radical (unpaired) electrons. The van der Waals surface area contributed by atoms with E-state index in [1.165, 1.54) is 0 Å². The van der Waals surface area contributed by atoms with Crippen LogP contribution in [0.4, 0.5) is 0 Å². The number of nitrogens with zero attached hydrogens (tertiary/aromatic N) is 2. The zero-order valence-electron chi connectivity index (χ0n) is 6.36. The van der Waals surface area contributed by atoms with Gasteiger partial charge in [-0.3, -0.25) is 0 Å². The number of hydrogen-bond acceptors (Lipinski definition) is 3. The van der Waals surface area contributed by atoms with Crippen LogP contribution in [-0.2, 0) is 0 Å². The molecule has 2 rings (SSSR count). The molecule has 4 heteroatoms. The van der Waals surface area contributed by atoms with Crippen molar-refractivity contribution in [2.45, 2.75) is 0 Å². The molecule has 2 heterocycles. The molecule has 0 amide bonds. The molecule has 4 nitrogen and oxygen atoms in total. The van der Waals surface area contributed by atoms with Crippen LogP contribution in [0.15, 0.2) is 29.6 Å². The Labute approximate surface area is 69.1 Å². The molecular weight excluding hydrogens is 152 g/mol. The third-order valence-electron chi connectivity index (χ3n) is 1.64. The van der Waals surface area contributed by atoms with Gasteiger partial charge < -0.3 is 10.8 Å². The van der Waals surface area contributed by atoms with Crippen LogP contribution < -0.4 is 5.84 Å². The molecule has 0 aliphatic rings. The molecule has 3 N–H and O–H groups in total. The van der Waals surface area contributed by atoms with Crippen molar-refractivity contribution >= 4 is 17.2 Å². The van der Waals surface area contributed by atoms with Crippen LogP contribution in [0.2, 0.25) is 0 Å². The molecule has 0 fully saturated rings. The summed E-state index contributed by atoms with van der Waals surface area (Å²) < 4.78 is 0. The number of fused-ring (bicyclic) bond motifs is 1. The fourth-order valence-corrected chi connectivity index (χ4v) is 1.11. The number of pyridine rings is 1. The van der Waals surface area contributed by atoms with Gasteiger partial charge in [-0.15, -0.1) is 0 Å². The lowest BCUT2D eigenvalue weighted by Crippen LogP contribution is -1.87. The molecular formula is C8H8N4. The van der Waals surface area contributed by atoms with Crippen LogP contribution in [-0.4, -0.2) is 16.2 Å². The molecule has 0 spiro atoms. The van der Waals surface area contributed by atoms with Gasteiger partial charge in [0.1, 0.15) is 5.65 Å². The zero-order chi connectivity index (χ0) is 8.39. The summed E-state index contributed by atoms with van der Waals surface area (Å²) in [6.07, 6.45) is 5.13. The number of nitrogens with one attached hydrogen (secondary N) is 1. The highest BCUT2D eigenvalue weighted by molar-refractivity contribution is 5.86. The van der Waals surface area contributed by atoms with Crippen LogP contribution in [0.5, 0.6) is 0 Å². The van der Waals surface area contributed by atoms with Crippen LogP contribution in [0.1, 0.15) is 5.56 Å². The summed E-state index contributed by atoms with van der Waals surface area (Å²) in [4.78, 5) is 7.16. The Hall–Kier alpha value is -1.84. The maximum absolute atomic E-state index is 5.01. The molecule has 0 aliphatic carbocycles. The third-order valence-corrected chi connectivity index (χ3v) is 1.64. The average molecular weight is 160 g/mol. The molecule has 0 saturated heterocycles. The van der Waals surface area contributed by atoms with E-state index in [2.05, 4.69) is 15.1 Å². The third kappa shape index (κ3) is 1.03. The Bertz CT molecular complexity index is 416. The van der Waals surface area contributed by atoms with Crippen molar-refractivity contribution in [2.24, 2.45) is 10.9 Å².